The molecule has 2 rings (SSSR count). The first-order chi connectivity index (χ1) is 13.2. The van der Waals surface area contributed by atoms with Crippen molar-refractivity contribution in [2.75, 3.05) is 13.2 Å². The molecule has 0 unspecified atom stereocenters. The van der Waals surface area contributed by atoms with Crippen molar-refractivity contribution in [3.63, 3.8) is 0 Å². The zero-order chi connectivity index (χ0) is 19.5. The predicted molar refractivity (Wildman–Crippen MR) is 106 cm³/mol. The molecule has 5 heteroatoms. The Labute approximate surface area is 161 Å². The maximum atomic E-state index is 12.9. The van der Waals surface area contributed by atoms with Gasteiger partial charge in [-0.1, -0.05) is 67.6 Å². The van der Waals surface area contributed by atoms with Crippen molar-refractivity contribution in [2.45, 2.75) is 38.8 Å². The number of aliphatic hydroxyl groups excluding tert-OH is 1. The molecule has 27 heavy (non-hydrogen) atoms. The van der Waals surface area contributed by atoms with Crippen molar-refractivity contribution in [3.8, 4) is 0 Å². The third-order valence-electron chi connectivity index (χ3n) is 4.40. The molecule has 0 saturated carbocycles. The SMILES string of the molecule is CCC(=O)N(Cc1ccccc1)[C@@H](Cc1ccccc1)C(=O)NCCCO. The molecule has 5 nitrogen and oxygen atoms in total. The van der Waals surface area contributed by atoms with E-state index in [0.29, 0.717) is 32.4 Å². The average molecular weight is 368 g/mol. The number of nitrogens with one attached hydrogen (secondary N) is 1. The summed E-state index contributed by atoms with van der Waals surface area (Å²) in [7, 11) is 0. The molecule has 0 spiro atoms. The number of carbonyl (C=O) groups excluding carboxylic acids is 2. The molecule has 0 aliphatic rings. The van der Waals surface area contributed by atoms with Crippen molar-refractivity contribution in [2.24, 2.45) is 0 Å². The predicted octanol–water partition coefficient (Wildman–Crippen LogP) is 2.54. The van der Waals surface area contributed by atoms with Gasteiger partial charge >= 0.3 is 0 Å². The van der Waals surface area contributed by atoms with Crippen molar-refractivity contribution in [1.82, 2.24) is 10.2 Å². The fraction of sp³-hybridized carbons (Fsp3) is 0.364. The smallest absolute Gasteiger partial charge is 0.243 e. The van der Waals surface area contributed by atoms with Gasteiger partial charge in [0.15, 0.2) is 0 Å². The summed E-state index contributed by atoms with van der Waals surface area (Å²) < 4.78 is 0. The van der Waals surface area contributed by atoms with E-state index in [1.54, 1.807) is 4.90 Å². The van der Waals surface area contributed by atoms with Crippen LogP contribution in [0.4, 0.5) is 0 Å². The lowest BCUT2D eigenvalue weighted by molar-refractivity contribution is -0.141. The lowest BCUT2D eigenvalue weighted by Gasteiger charge is -2.31. The second-order valence-electron chi connectivity index (χ2n) is 6.43. The molecule has 2 N–H and O–H groups in total. The number of carbonyl (C=O) groups is 2. The Hall–Kier alpha value is -2.66. The maximum absolute atomic E-state index is 12.9. The first kappa shape index (κ1) is 20.6. The molecule has 2 amide bonds. The third kappa shape index (κ3) is 6.53. The molecule has 0 saturated heterocycles. The molecule has 0 bridgehead atoms. The van der Waals surface area contributed by atoms with Gasteiger partial charge in [-0.05, 0) is 17.5 Å². The Balaban J connectivity index is 2.26. The molecular weight excluding hydrogens is 340 g/mol. The highest BCUT2D eigenvalue weighted by atomic mass is 16.3. The van der Waals surface area contributed by atoms with E-state index < -0.39 is 6.04 Å². The summed E-state index contributed by atoms with van der Waals surface area (Å²) in [6.45, 7) is 2.60. The monoisotopic (exact) mass is 368 g/mol. The molecule has 0 fully saturated rings. The van der Waals surface area contributed by atoms with Crippen molar-refractivity contribution in [3.05, 3.63) is 71.8 Å². The minimum absolute atomic E-state index is 0.0191. The van der Waals surface area contributed by atoms with Crippen LogP contribution in [0.3, 0.4) is 0 Å². The van der Waals surface area contributed by atoms with Gasteiger partial charge < -0.3 is 15.3 Å². The molecule has 0 aliphatic heterocycles. The van der Waals surface area contributed by atoms with Gasteiger partial charge in [0, 0.05) is 32.5 Å². The van der Waals surface area contributed by atoms with Crippen LogP contribution in [0.1, 0.15) is 30.9 Å². The van der Waals surface area contributed by atoms with E-state index in [-0.39, 0.29) is 18.4 Å². The normalized spacial score (nSPS) is 11.6. The number of nitrogens with zero attached hydrogens (tertiary/aromatic N) is 1. The van der Waals surface area contributed by atoms with Crippen LogP contribution in [0.2, 0.25) is 0 Å². The molecule has 144 valence electrons. The van der Waals surface area contributed by atoms with Gasteiger partial charge in [-0.15, -0.1) is 0 Å². The Morgan fingerprint density at radius 2 is 1.59 bits per heavy atom. The van der Waals surface area contributed by atoms with Gasteiger partial charge in [0.05, 0.1) is 0 Å². The molecule has 0 radical (unpaired) electrons. The molecule has 0 aromatic heterocycles. The summed E-state index contributed by atoms with van der Waals surface area (Å²) in [6.07, 6.45) is 1.27. The standard InChI is InChI=1S/C22H28N2O3/c1-2-21(26)24(17-19-12-7-4-8-13-19)20(22(27)23-14-9-15-25)16-18-10-5-3-6-11-18/h3-8,10-13,20,25H,2,9,14-17H2,1H3,(H,23,27)/t20-/m0/s1. The Kier molecular flexibility index (Phi) is 8.52. The molecule has 1 atom stereocenters. The lowest BCUT2D eigenvalue weighted by Crippen LogP contribution is -2.50. The quantitative estimate of drug-likeness (QED) is 0.633. The topological polar surface area (TPSA) is 69.6 Å². The molecular formula is C22H28N2O3. The number of rotatable bonds is 10. The summed E-state index contributed by atoms with van der Waals surface area (Å²) in [5.74, 6) is -0.248. The summed E-state index contributed by atoms with van der Waals surface area (Å²) in [5.41, 5.74) is 1.99. The highest BCUT2D eigenvalue weighted by Gasteiger charge is 2.29. The van der Waals surface area contributed by atoms with E-state index in [1.807, 2.05) is 67.6 Å². The third-order valence-corrected chi connectivity index (χ3v) is 4.40. The first-order valence-electron chi connectivity index (χ1n) is 9.41. The van der Waals surface area contributed by atoms with Gasteiger partial charge in [-0.2, -0.15) is 0 Å². The highest BCUT2D eigenvalue weighted by Crippen LogP contribution is 2.15. The highest BCUT2D eigenvalue weighted by molar-refractivity contribution is 5.87. The van der Waals surface area contributed by atoms with E-state index in [0.717, 1.165) is 11.1 Å². The lowest BCUT2D eigenvalue weighted by atomic mass is 10.0. The number of hydrogen-bond acceptors (Lipinski definition) is 3. The van der Waals surface area contributed by atoms with Crippen LogP contribution in [-0.4, -0.2) is 41.0 Å². The average Bonchev–Trinajstić information content (AvgIpc) is 2.71. The Morgan fingerprint density at radius 1 is 1.00 bits per heavy atom. The minimum Gasteiger partial charge on any atom is -0.396 e. The van der Waals surface area contributed by atoms with Gasteiger partial charge in [0.1, 0.15) is 6.04 Å². The van der Waals surface area contributed by atoms with E-state index in [4.69, 9.17) is 5.11 Å². The van der Waals surface area contributed by atoms with E-state index in [2.05, 4.69) is 5.32 Å². The van der Waals surface area contributed by atoms with Gasteiger partial charge in [0.25, 0.3) is 0 Å². The number of hydrogen-bond donors (Lipinski definition) is 2. The second-order valence-corrected chi connectivity index (χ2v) is 6.43. The van der Waals surface area contributed by atoms with E-state index in [9.17, 15) is 9.59 Å². The van der Waals surface area contributed by atoms with Gasteiger partial charge in [0.2, 0.25) is 11.8 Å². The fourth-order valence-electron chi connectivity index (χ4n) is 2.95. The van der Waals surface area contributed by atoms with Gasteiger partial charge in [-0.25, -0.2) is 0 Å². The summed E-state index contributed by atoms with van der Waals surface area (Å²) in [5, 5.41) is 11.8. The Bertz CT molecular complexity index is 704. The van der Waals surface area contributed by atoms with Crippen LogP contribution in [0, 0.1) is 0 Å². The van der Waals surface area contributed by atoms with Crippen LogP contribution < -0.4 is 5.32 Å². The first-order valence-corrected chi connectivity index (χ1v) is 9.41. The zero-order valence-corrected chi connectivity index (χ0v) is 15.8. The minimum atomic E-state index is -0.598. The van der Waals surface area contributed by atoms with Crippen LogP contribution in [-0.2, 0) is 22.6 Å². The van der Waals surface area contributed by atoms with Crippen molar-refractivity contribution in [1.29, 1.82) is 0 Å². The summed E-state index contributed by atoms with van der Waals surface area (Å²) in [6, 6.07) is 18.8. The van der Waals surface area contributed by atoms with Crippen molar-refractivity contribution < 1.29 is 14.7 Å². The Morgan fingerprint density at radius 3 is 2.15 bits per heavy atom. The molecule has 0 heterocycles. The molecule has 2 aromatic carbocycles. The van der Waals surface area contributed by atoms with Crippen LogP contribution in [0.5, 0.6) is 0 Å². The second kappa shape index (κ2) is 11.1. The number of amides is 2. The van der Waals surface area contributed by atoms with Crippen LogP contribution in [0.15, 0.2) is 60.7 Å². The summed E-state index contributed by atoms with van der Waals surface area (Å²) in [4.78, 5) is 27.2. The number of aliphatic hydroxyl groups is 1. The van der Waals surface area contributed by atoms with Gasteiger partial charge in [-0.3, -0.25) is 9.59 Å². The fourth-order valence-corrected chi connectivity index (χ4v) is 2.95. The van der Waals surface area contributed by atoms with E-state index in [1.165, 1.54) is 0 Å². The van der Waals surface area contributed by atoms with Crippen LogP contribution >= 0.6 is 0 Å². The molecule has 2 aromatic rings. The maximum Gasteiger partial charge on any atom is 0.243 e. The molecule has 0 aliphatic carbocycles. The van der Waals surface area contributed by atoms with Crippen molar-refractivity contribution >= 4 is 11.8 Å². The number of benzene rings is 2. The largest absolute Gasteiger partial charge is 0.396 e. The summed E-state index contributed by atoms with van der Waals surface area (Å²) >= 11 is 0. The van der Waals surface area contributed by atoms with E-state index >= 15 is 0 Å². The van der Waals surface area contributed by atoms with Crippen LogP contribution in [0.25, 0.3) is 0 Å². The zero-order valence-electron chi connectivity index (χ0n) is 15.8.